The Kier molecular flexibility index (Phi) is 5.12. The maximum atomic E-state index is 12.4. The van der Waals surface area contributed by atoms with Crippen LogP contribution < -0.4 is 9.64 Å². The summed E-state index contributed by atoms with van der Waals surface area (Å²) < 4.78 is 5.42. The number of hydrogen-bond donors (Lipinski definition) is 0. The highest BCUT2D eigenvalue weighted by atomic mass is 32.1. The van der Waals surface area contributed by atoms with E-state index in [1.807, 2.05) is 47.7 Å². The van der Waals surface area contributed by atoms with E-state index in [1.54, 1.807) is 11.3 Å². The van der Waals surface area contributed by atoms with Crippen molar-refractivity contribution in [3.63, 3.8) is 0 Å². The van der Waals surface area contributed by atoms with Gasteiger partial charge in [0.2, 0.25) is 5.91 Å². The van der Waals surface area contributed by atoms with Gasteiger partial charge in [-0.05, 0) is 24.6 Å². The monoisotopic (exact) mass is 331 g/mol. The van der Waals surface area contributed by atoms with Gasteiger partial charge in [-0.15, -0.1) is 11.3 Å². The second-order valence-electron chi connectivity index (χ2n) is 5.44. The molecule has 0 atom stereocenters. The number of ether oxygens (including phenoxy) is 1. The Balaban J connectivity index is 1.51. The predicted octanol–water partition coefficient (Wildman–Crippen LogP) is 2.43. The number of aromatic nitrogens is 1. The van der Waals surface area contributed by atoms with Crippen LogP contribution in [0.15, 0.2) is 35.8 Å². The Labute approximate surface area is 140 Å². The van der Waals surface area contributed by atoms with Crippen molar-refractivity contribution in [2.24, 2.45) is 0 Å². The second kappa shape index (κ2) is 7.46. The molecule has 1 saturated heterocycles. The number of thiazole rings is 1. The van der Waals surface area contributed by atoms with E-state index in [-0.39, 0.29) is 5.91 Å². The summed E-state index contributed by atoms with van der Waals surface area (Å²) in [7, 11) is 0. The van der Waals surface area contributed by atoms with E-state index in [1.165, 1.54) is 0 Å². The molecule has 23 heavy (non-hydrogen) atoms. The maximum Gasteiger partial charge on any atom is 0.227 e. The zero-order valence-electron chi connectivity index (χ0n) is 13.3. The Bertz CT molecular complexity index is 620. The summed E-state index contributed by atoms with van der Waals surface area (Å²) in [6.45, 7) is 5.83. The third-order valence-corrected chi connectivity index (χ3v) is 4.74. The van der Waals surface area contributed by atoms with Crippen LogP contribution in [0.3, 0.4) is 0 Å². The Morgan fingerprint density at radius 1 is 1.22 bits per heavy atom. The minimum atomic E-state index is 0.188. The van der Waals surface area contributed by atoms with Crippen molar-refractivity contribution in [3.05, 3.63) is 41.4 Å². The van der Waals surface area contributed by atoms with Gasteiger partial charge in [0.05, 0.1) is 13.0 Å². The molecule has 0 aliphatic carbocycles. The summed E-state index contributed by atoms with van der Waals surface area (Å²) in [4.78, 5) is 21.0. The van der Waals surface area contributed by atoms with Crippen LogP contribution in [0, 0.1) is 0 Å². The summed E-state index contributed by atoms with van der Waals surface area (Å²) >= 11 is 1.65. The molecule has 0 spiro atoms. The minimum Gasteiger partial charge on any atom is -0.494 e. The third-order valence-electron chi connectivity index (χ3n) is 3.91. The molecule has 1 aromatic carbocycles. The molecule has 0 saturated carbocycles. The molecule has 1 aromatic heterocycles. The first-order valence-corrected chi connectivity index (χ1v) is 8.78. The number of piperazine rings is 1. The fourth-order valence-corrected chi connectivity index (χ4v) is 3.37. The van der Waals surface area contributed by atoms with Crippen molar-refractivity contribution in [3.8, 4) is 5.75 Å². The van der Waals surface area contributed by atoms with Crippen molar-refractivity contribution >= 4 is 22.4 Å². The van der Waals surface area contributed by atoms with Crippen molar-refractivity contribution in [2.45, 2.75) is 13.3 Å². The van der Waals surface area contributed by atoms with Crippen molar-refractivity contribution in [1.82, 2.24) is 9.88 Å². The zero-order chi connectivity index (χ0) is 16.1. The Morgan fingerprint density at radius 2 is 1.96 bits per heavy atom. The van der Waals surface area contributed by atoms with Crippen LogP contribution in [0.5, 0.6) is 5.75 Å². The van der Waals surface area contributed by atoms with E-state index in [0.717, 1.165) is 42.6 Å². The molecule has 1 fully saturated rings. The molecule has 0 unspecified atom stereocenters. The quantitative estimate of drug-likeness (QED) is 0.844. The van der Waals surface area contributed by atoms with E-state index in [2.05, 4.69) is 9.88 Å². The predicted molar refractivity (Wildman–Crippen MR) is 92.2 cm³/mol. The number of nitrogens with zero attached hydrogens (tertiary/aromatic N) is 3. The average molecular weight is 331 g/mol. The van der Waals surface area contributed by atoms with Gasteiger partial charge in [-0.1, -0.05) is 12.1 Å². The molecular formula is C17H21N3O2S. The smallest absolute Gasteiger partial charge is 0.227 e. The molecule has 2 aromatic rings. The van der Waals surface area contributed by atoms with Gasteiger partial charge in [0.15, 0.2) is 5.13 Å². The lowest BCUT2D eigenvalue weighted by molar-refractivity contribution is -0.130. The first-order chi connectivity index (χ1) is 11.3. The van der Waals surface area contributed by atoms with Gasteiger partial charge >= 0.3 is 0 Å². The highest BCUT2D eigenvalue weighted by Crippen LogP contribution is 2.19. The molecule has 1 aliphatic rings. The van der Waals surface area contributed by atoms with Crippen LogP contribution in [0.25, 0.3) is 0 Å². The van der Waals surface area contributed by atoms with E-state index < -0.39 is 0 Å². The lowest BCUT2D eigenvalue weighted by Crippen LogP contribution is -2.49. The summed E-state index contributed by atoms with van der Waals surface area (Å²) in [5.74, 6) is 1.04. The highest BCUT2D eigenvalue weighted by molar-refractivity contribution is 7.13. The number of benzene rings is 1. The van der Waals surface area contributed by atoms with Crippen LogP contribution >= 0.6 is 11.3 Å². The van der Waals surface area contributed by atoms with Crippen LogP contribution in [0.4, 0.5) is 5.13 Å². The summed E-state index contributed by atoms with van der Waals surface area (Å²) in [6.07, 6.45) is 2.27. The minimum absolute atomic E-state index is 0.188. The molecule has 5 nitrogen and oxygen atoms in total. The lowest BCUT2D eigenvalue weighted by atomic mass is 10.1. The average Bonchev–Trinajstić information content (AvgIpc) is 3.11. The second-order valence-corrected chi connectivity index (χ2v) is 6.31. The van der Waals surface area contributed by atoms with Crippen LogP contribution in [0.2, 0.25) is 0 Å². The zero-order valence-corrected chi connectivity index (χ0v) is 14.1. The molecule has 0 bridgehead atoms. The summed E-state index contributed by atoms with van der Waals surface area (Å²) in [5, 5.41) is 3.03. The molecule has 1 amide bonds. The van der Waals surface area contributed by atoms with Crippen LogP contribution in [-0.4, -0.2) is 48.6 Å². The lowest BCUT2D eigenvalue weighted by Gasteiger charge is -2.34. The summed E-state index contributed by atoms with van der Waals surface area (Å²) in [6, 6.07) is 7.78. The molecule has 3 rings (SSSR count). The third kappa shape index (κ3) is 4.01. The largest absolute Gasteiger partial charge is 0.494 e. The van der Waals surface area contributed by atoms with Crippen LogP contribution in [0.1, 0.15) is 12.5 Å². The molecule has 1 aliphatic heterocycles. The standard InChI is InChI=1S/C17H21N3O2S/c1-2-22-15-5-3-14(4-6-15)13-16(21)19-8-10-20(11-9-19)17-18-7-12-23-17/h3-7,12H,2,8-11,13H2,1H3. The Hall–Kier alpha value is -2.08. The van der Waals surface area contributed by atoms with E-state index >= 15 is 0 Å². The van der Waals surface area contributed by atoms with Gasteiger partial charge < -0.3 is 14.5 Å². The fraction of sp³-hybridized carbons (Fsp3) is 0.412. The Morgan fingerprint density at radius 3 is 2.57 bits per heavy atom. The number of amides is 1. The molecule has 122 valence electrons. The molecule has 0 radical (unpaired) electrons. The number of hydrogen-bond acceptors (Lipinski definition) is 5. The van der Waals surface area contributed by atoms with Gasteiger partial charge in [-0.2, -0.15) is 0 Å². The van der Waals surface area contributed by atoms with Gasteiger partial charge in [0.1, 0.15) is 5.75 Å². The van der Waals surface area contributed by atoms with E-state index in [0.29, 0.717) is 13.0 Å². The first kappa shape index (κ1) is 15.8. The fourth-order valence-electron chi connectivity index (χ4n) is 2.68. The van der Waals surface area contributed by atoms with E-state index in [4.69, 9.17) is 4.74 Å². The SMILES string of the molecule is CCOc1ccc(CC(=O)N2CCN(c3nccs3)CC2)cc1. The molecule has 2 heterocycles. The van der Waals surface area contributed by atoms with E-state index in [9.17, 15) is 4.79 Å². The number of carbonyl (C=O) groups is 1. The first-order valence-electron chi connectivity index (χ1n) is 7.90. The van der Waals surface area contributed by atoms with Crippen molar-refractivity contribution in [1.29, 1.82) is 0 Å². The topological polar surface area (TPSA) is 45.7 Å². The number of carbonyl (C=O) groups excluding carboxylic acids is 1. The normalized spacial score (nSPS) is 14.8. The van der Waals surface area contributed by atoms with Crippen molar-refractivity contribution < 1.29 is 9.53 Å². The van der Waals surface area contributed by atoms with Gasteiger partial charge in [-0.25, -0.2) is 4.98 Å². The van der Waals surface area contributed by atoms with Crippen molar-refractivity contribution in [2.75, 3.05) is 37.7 Å². The molecule has 6 heteroatoms. The van der Waals surface area contributed by atoms with Gasteiger partial charge in [-0.3, -0.25) is 4.79 Å². The maximum absolute atomic E-state index is 12.4. The number of rotatable bonds is 5. The molecule has 0 N–H and O–H groups in total. The van der Waals surface area contributed by atoms with Gasteiger partial charge in [0.25, 0.3) is 0 Å². The van der Waals surface area contributed by atoms with Gasteiger partial charge in [0, 0.05) is 37.8 Å². The number of anilines is 1. The van der Waals surface area contributed by atoms with Crippen LogP contribution in [-0.2, 0) is 11.2 Å². The molecular weight excluding hydrogens is 310 g/mol. The highest BCUT2D eigenvalue weighted by Gasteiger charge is 2.22. The summed E-state index contributed by atoms with van der Waals surface area (Å²) in [5.41, 5.74) is 1.03.